The summed E-state index contributed by atoms with van der Waals surface area (Å²) in [6.45, 7) is -0.343. The van der Waals surface area contributed by atoms with Crippen molar-refractivity contribution in [2.45, 2.75) is 30.5 Å². The molecule has 11 nitrogen and oxygen atoms in total. The second kappa shape index (κ2) is 6.11. The Bertz CT molecular complexity index is 791. The topological polar surface area (TPSA) is 169 Å². The lowest BCUT2D eigenvalue weighted by molar-refractivity contribution is -0.119. The van der Waals surface area contributed by atoms with E-state index in [0.29, 0.717) is 0 Å². The van der Waals surface area contributed by atoms with Gasteiger partial charge < -0.3 is 30.5 Å². The van der Waals surface area contributed by atoms with Crippen molar-refractivity contribution in [1.82, 2.24) is 19.5 Å². The number of ether oxygens (including phenoxy) is 2. The number of nitrogen functional groups attached to an aromatic ring is 1. The molecule has 0 amide bonds. The molecule has 0 aromatic carbocycles. The minimum atomic E-state index is -1.77. The molecule has 1 fully saturated rings. The fraction of sp³-hybridized carbons (Fsp3) is 0.615. The summed E-state index contributed by atoms with van der Waals surface area (Å²) in [5, 5.41) is 30.7. The molecule has 3 rings (SSSR count). The van der Waals surface area contributed by atoms with E-state index in [9.17, 15) is 20.1 Å². The lowest BCUT2D eigenvalue weighted by Gasteiger charge is -2.31. The molecule has 1 aliphatic rings. The van der Waals surface area contributed by atoms with Crippen molar-refractivity contribution in [3.8, 4) is 0 Å². The Morgan fingerprint density at radius 1 is 1.58 bits per heavy atom. The number of nitrogens with zero attached hydrogens (tertiary/aromatic N) is 3. The van der Waals surface area contributed by atoms with Crippen LogP contribution in [0.4, 0.5) is 5.95 Å². The summed E-state index contributed by atoms with van der Waals surface area (Å²) in [7, 11) is 1.46. The zero-order valence-electron chi connectivity index (χ0n) is 12.9. The van der Waals surface area contributed by atoms with Crippen molar-refractivity contribution in [2.75, 3.05) is 26.1 Å². The molecule has 1 aliphatic heterocycles. The molecule has 0 radical (unpaired) electrons. The van der Waals surface area contributed by atoms with Gasteiger partial charge in [-0.05, 0) is 0 Å². The third kappa shape index (κ3) is 2.46. The van der Waals surface area contributed by atoms with Crippen LogP contribution in [0.25, 0.3) is 11.2 Å². The maximum absolute atomic E-state index is 11.9. The number of hydrogen-bond donors (Lipinski definition) is 5. The zero-order valence-corrected chi connectivity index (χ0v) is 12.9. The summed E-state index contributed by atoms with van der Waals surface area (Å²) >= 11 is 0. The second-order valence-corrected chi connectivity index (χ2v) is 5.66. The maximum Gasteiger partial charge on any atom is 0.280 e. The molecule has 11 heteroatoms. The zero-order chi connectivity index (χ0) is 17.5. The average molecular weight is 341 g/mol. The first-order chi connectivity index (χ1) is 11.4. The number of aliphatic hydroxyl groups is 3. The molecule has 0 saturated carbocycles. The average Bonchev–Trinajstić information content (AvgIpc) is 3.06. The van der Waals surface area contributed by atoms with Gasteiger partial charge in [0.25, 0.3) is 5.56 Å². The van der Waals surface area contributed by atoms with Gasteiger partial charge in [0, 0.05) is 20.1 Å². The van der Waals surface area contributed by atoms with E-state index in [0.717, 1.165) is 0 Å². The number of nitrogens with two attached hydrogens (primary N) is 1. The third-order valence-corrected chi connectivity index (χ3v) is 4.19. The van der Waals surface area contributed by atoms with Gasteiger partial charge in [-0.2, -0.15) is 4.98 Å². The standard InChI is InChI=1S/C13H19N5O6/c1-23-3-2-13(22)8(20)6(4-19)24-11(13)18-5-15-7-9(18)16-12(14)17-10(7)21/h5-6,8,11,19-20,22H,2-4H2,1H3,(H3,14,16,17,21)/t6-,8-,11-,13-/m0/s1. The third-order valence-electron chi connectivity index (χ3n) is 4.19. The fourth-order valence-corrected chi connectivity index (χ4v) is 2.93. The van der Waals surface area contributed by atoms with Crippen LogP contribution in [0.5, 0.6) is 0 Å². The molecular weight excluding hydrogens is 322 g/mol. The number of fused-ring (bicyclic) bond motifs is 1. The van der Waals surface area contributed by atoms with Gasteiger partial charge in [-0.15, -0.1) is 0 Å². The Kier molecular flexibility index (Phi) is 4.27. The van der Waals surface area contributed by atoms with Crippen molar-refractivity contribution in [3.63, 3.8) is 0 Å². The highest BCUT2D eigenvalue weighted by Crippen LogP contribution is 2.41. The fourth-order valence-electron chi connectivity index (χ4n) is 2.93. The molecular formula is C13H19N5O6. The van der Waals surface area contributed by atoms with Crippen LogP contribution in [-0.4, -0.2) is 73.0 Å². The largest absolute Gasteiger partial charge is 0.394 e. The number of aromatic nitrogens is 4. The first-order valence-electron chi connectivity index (χ1n) is 7.30. The predicted octanol–water partition coefficient (Wildman–Crippen LogP) is -2.28. The van der Waals surface area contributed by atoms with Crippen molar-refractivity contribution in [3.05, 3.63) is 16.7 Å². The first kappa shape index (κ1) is 16.8. The normalized spacial score (nSPS) is 30.2. The Morgan fingerprint density at radius 3 is 3.00 bits per heavy atom. The van der Waals surface area contributed by atoms with Crippen LogP contribution in [0.15, 0.2) is 11.1 Å². The molecule has 0 bridgehead atoms. The molecule has 6 N–H and O–H groups in total. The molecule has 2 aromatic rings. The van der Waals surface area contributed by atoms with Gasteiger partial charge in [-0.25, -0.2) is 4.98 Å². The van der Waals surface area contributed by atoms with E-state index in [1.165, 1.54) is 18.0 Å². The summed E-state index contributed by atoms with van der Waals surface area (Å²) in [6, 6.07) is 0. The van der Waals surface area contributed by atoms with Gasteiger partial charge in [0.2, 0.25) is 5.95 Å². The first-order valence-corrected chi connectivity index (χ1v) is 7.30. The second-order valence-electron chi connectivity index (χ2n) is 5.66. The van der Waals surface area contributed by atoms with Gasteiger partial charge >= 0.3 is 0 Å². The Morgan fingerprint density at radius 2 is 2.33 bits per heavy atom. The molecule has 0 spiro atoms. The number of hydrogen-bond acceptors (Lipinski definition) is 9. The number of methoxy groups -OCH3 is 1. The maximum atomic E-state index is 11.9. The van der Waals surface area contributed by atoms with Crippen LogP contribution in [0.3, 0.4) is 0 Å². The van der Waals surface area contributed by atoms with E-state index in [4.69, 9.17) is 15.2 Å². The Labute approximate surface area is 135 Å². The number of anilines is 1. The number of H-pyrrole nitrogens is 1. The van der Waals surface area contributed by atoms with Crippen LogP contribution in [-0.2, 0) is 9.47 Å². The number of aromatic amines is 1. The lowest BCUT2D eigenvalue weighted by Crippen LogP contribution is -2.47. The number of imidazole rings is 1. The number of nitrogens with one attached hydrogen (secondary N) is 1. The van der Waals surface area contributed by atoms with E-state index < -0.39 is 36.2 Å². The summed E-state index contributed by atoms with van der Waals surface area (Å²) in [5.41, 5.74) is 3.38. The number of aliphatic hydroxyl groups excluding tert-OH is 2. The monoisotopic (exact) mass is 341 g/mol. The van der Waals surface area contributed by atoms with Crippen molar-refractivity contribution in [1.29, 1.82) is 0 Å². The predicted molar refractivity (Wildman–Crippen MR) is 81.0 cm³/mol. The highest BCUT2D eigenvalue weighted by molar-refractivity contribution is 5.70. The molecule has 4 atom stereocenters. The van der Waals surface area contributed by atoms with Crippen LogP contribution >= 0.6 is 0 Å². The van der Waals surface area contributed by atoms with E-state index >= 15 is 0 Å². The molecule has 24 heavy (non-hydrogen) atoms. The smallest absolute Gasteiger partial charge is 0.280 e. The highest BCUT2D eigenvalue weighted by Gasteiger charge is 2.56. The van der Waals surface area contributed by atoms with Crippen LogP contribution in [0.1, 0.15) is 12.6 Å². The highest BCUT2D eigenvalue weighted by atomic mass is 16.6. The van der Waals surface area contributed by atoms with Crippen LogP contribution in [0.2, 0.25) is 0 Å². The molecule has 0 aliphatic carbocycles. The van der Waals surface area contributed by atoms with Gasteiger partial charge in [0.05, 0.1) is 12.9 Å². The molecule has 1 saturated heterocycles. The van der Waals surface area contributed by atoms with E-state index in [-0.39, 0.29) is 30.1 Å². The van der Waals surface area contributed by atoms with E-state index in [1.54, 1.807) is 0 Å². The summed E-state index contributed by atoms with van der Waals surface area (Å²) in [5.74, 6) is -0.119. The molecule has 2 aromatic heterocycles. The molecule has 0 unspecified atom stereocenters. The van der Waals surface area contributed by atoms with Gasteiger partial charge in [0.1, 0.15) is 17.8 Å². The Balaban J connectivity index is 2.11. The number of rotatable bonds is 5. The SMILES string of the molecule is COCC[C@@]1(O)[C@@H](n2cnc3c(=O)[nH]c(N)nc32)O[C@@H](CO)[C@@H]1O. The molecule has 3 heterocycles. The minimum absolute atomic E-state index is 0.0174. The van der Waals surface area contributed by atoms with Gasteiger partial charge in [-0.3, -0.25) is 14.3 Å². The van der Waals surface area contributed by atoms with E-state index in [1.807, 2.05) is 0 Å². The summed E-state index contributed by atoms with van der Waals surface area (Å²) < 4.78 is 11.9. The summed E-state index contributed by atoms with van der Waals surface area (Å²) in [4.78, 5) is 22.2. The van der Waals surface area contributed by atoms with Crippen molar-refractivity contribution < 1.29 is 24.8 Å². The quantitative estimate of drug-likeness (QED) is 0.402. The van der Waals surface area contributed by atoms with Crippen LogP contribution < -0.4 is 11.3 Å². The van der Waals surface area contributed by atoms with Crippen molar-refractivity contribution >= 4 is 17.1 Å². The lowest BCUT2D eigenvalue weighted by atomic mass is 9.90. The van der Waals surface area contributed by atoms with Crippen LogP contribution in [0, 0.1) is 0 Å². The van der Waals surface area contributed by atoms with Gasteiger partial charge in [-0.1, -0.05) is 0 Å². The molecule has 132 valence electrons. The summed E-state index contributed by atoms with van der Waals surface area (Å²) in [6.07, 6.45) is -2.20. The van der Waals surface area contributed by atoms with E-state index in [2.05, 4.69) is 15.0 Å². The Hall–Kier alpha value is -2.05. The van der Waals surface area contributed by atoms with Gasteiger partial charge in [0.15, 0.2) is 17.4 Å². The van der Waals surface area contributed by atoms with Crippen molar-refractivity contribution in [2.24, 2.45) is 0 Å². The minimum Gasteiger partial charge on any atom is -0.394 e.